The number of hydrogen-bond donors (Lipinski definition) is 1. The summed E-state index contributed by atoms with van der Waals surface area (Å²) in [6.07, 6.45) is -1.18. The predicted octanol–water partition coefficient (Wildman–Crippen LogP) is 2.95. The van der Waals surface area contributed by atoms with Crippen molar-refractivity contribution in [3.63, 3.8) is 0 Å². The molecule has 0 saturated carbocycles. The molecule has 1 aliphatic rings. The minimum Gasteiger partial charge on any atom is -0.369 e. The van der Waals surface area contributed by atoms with Crippen LogP contribution in [0.3, 0.4) is 0 Å². The van der Waals surface area contributed by atoms with Crippen LogP contribution in [0.15, 0.2) is 10.6 Å². The first-order valence-corrected chi connectivity index (χ1v) is 6.71. The van der Waals surface area contributed by atoms with Gasteiger partial charge >= 0.3 is 0 Å². The Morgan fingerprint density at radius 3 is 2.26 bits per heavy atom. The van der Waals surface area contributed by atoms with Gasteiger partial charge in [0.05, 0.1) is 0 Å². The average Bonchev–Trinajstić information content (AvgIpc) is 2.71. The SMILES string of the molecule is CC1=C(Cl)C(=O)N(c2nc(Cl)n(C(C)C)c2Cl)C1O. The Bertz CT molecular complexity index is 580. The smallest absolute Gasteiger partial charge is 0.273 e. The first-order valence-electron chi connectivity index (χ1n) is 5.58. The Morgan fingerprint density at radius 1 is 1.32 bits per heavy atom. The molecule has 1 N–H and O–H groups in total. The van der Waals surface area contributed by atoms with Crippen LogP contribution in [0, 0.1) is 0 Å². The molecule has 2 rings (SSSR count). The van der Waals surface area contributed by atoms with E-state index in [-0.39, 0.29) is 27.3 Å². The van der Waals surface area contributed by atoms with Crippen LogP contribution < -0.4 is 4.90 Å². The maximum atomic E-state index is 12.0. The molecular formula is C11H12Cl3N3O2. The number of hydrogen-bond acceptors (Lipinski definition) is 3. The van der Waals surface area contributed by atoms with Crippen LogP contribution in [-0.4, -0.2) is 26.8 Å². The second-order valence-electron chi connectivity index (χ2n) is 4.50. The van der Waals surface area contributed by atoms with Gasteiger partial charge in [0.25, 0.3) is 5.91 Å². The van der Waals surface area contributed by atoms with Gasteiger partial charge in [-0.25, -0.2) is 0 Å². The number of nitrogens with zero attached hydrogens (tertiary/aromatic N) is 3. The molecule has 19 heavy (non-hydrogen) atoms. The number of halogens is 3. The lowest BCUT2D eigenvalue weighted by Crippen LogP contribution is -2.35. The van der Waals surface area contributed by atoms with E-state index in [2.05, 4.69) is 4.98 Å². The molecule has 0 aromatic carbocycles. The zero-order chi connectivity index (χ0) is 14.5. The highest BCUT2D eigenvalue weighted by atomic mass is 35.5. The number of carbonyl (C=O) groups excluding carboxylic acids is 1. The standard InChI is InChI=1S/C11H12Cl3N3O2/c1-4(2)16-7(13)8(15-11(16)14)17-9(18)5(3)6(12)10(17)19/h4,9,18H,1-3H3. The largest absolute Gasteiger partial charge is 0.369 e. The van der Waals surface area contributed by atoms with Crippen molar-refractivity contribution in [2.75, 3.05) is 4.90 Å². The lowest BCUT2D eigenvalue weighted by molar-refractivity contribution is -0.115. The zero-order valence-corrected chi connectivity index (χ0v) is 12.8. The van der Waals surface area contributed by atoms with Crippen LogP contribution in [0.2, 0.25) is 10.4 Å². The van der Waals surface area contributed by atoms with Gasteiger partial charge in [-0.1, -0.05) is 23.2 Å². The minimum absolute atomic E-state index is 0.0272. The number of aliphatic hydroxyl groups is 1. The molecule has 2 heterocycles. The summed E-state index contributed by atoms with van der Waals surface area (Å²) in [4.78, 5) is 17.1. The molecule has 0 saturated heterocycles. The van der Waals surface area contributed by atoms with Crippen molar-refractivity contribution in [3.05, 3.63) is 21.0 Å². The quantitative estimate of drug-likeness (QED) is 0.910. The van der Waals surface area contributed by atoms with Crippen molar-refractivity contribution in [2.45, 2.75) is 33.0 Å². The Labute approximate surface area is 125 Å². The molecule has 0 fully saturated rings. The summed E-state index contributed by atoms with van der Waals surface area (Å²) in [5.74, 6) is -0.438. The number of aromatic nitrogens is 2. The molecule has 104 valence electrons. The summed E-state index contributed by atoms with van der Waals surface area (Å²) in [6.45, 7) is 5.32. The van der Waals surface area contributed by atoms with E-state index in [1.807, 2.05) is 13.8 Å². The average molecular weight is 325 g/mol. The van der Waals surface area contributed by atoms with Crippen molar-refractivity contribution >= 4 is 46.5 Å². The predicted molar refractivity (Wildman–Crippen MR) is 74.7 cm³/mol. The van der Waals surface area contributed by atoms with E-state index < -0.39 is 12.1 Å². The van der Waals surface area contributed by atoms with Crippen LogP contribution in [0.1, 0.15) is 26.8 Å². The van der Waals surface area contributed by atoms with Crippen molar-refractivity contribution in [1.82, 2.24) is 9.55 Å². The van der Waals surface area contributed by atoms with E-state index in [1.54, 1.807) is 11.5 Å². The molecule has 0 bridgehead atoms. The maximum absolute atomic E-state index is 12.0. The molecule has 1 aliphatic heterocycles. The fourth-order valence-corrected chi connectivity index (χ4v) is 2.87. The zero-order valence-electron chi connectivity index (χ0n) is 10.5. The third-order valence-corrected chi connectivity index (χ3v) is 4.00. The molecular weight excluding hydrogens is 312 g/mol. The van der Waals surface area contributed by atoms with Gasteiger partial charge in [0.2, 0.25) is 5.28 Å². The fraction of sp³-hybridized carbons (Fsp3) is 0.455. The lowest BCUT2D eigenvalue weighted by Gasteiger charge is -2.19. The number of aliphatic hydroxyl groups excluding tert-OH is 1. The third-order valence-electron chi connectivity index (χ3n) is 2.92. The van der Waals surface area contributed by atoms with Crippen LogP contribution in [0.5, 0.6) is 0 Å². The Hall–Kier alpha value is -0.750. The molecule has 0 spiro atoms. The van der Waals surface area contributed by atoms with Gasteiger partial charge in [-0.3, -0.25) is 9.69 Å². The Kier molecular flexibility index (Phi) is 3.84. The van der Waals surface area contributed by atoms with Gasteiger partial charge in [0.1, 0.15) is 5.03 Å². The monoisotopic (exact) mass is 323 g/mol. The highest BCUT2D eigenvalue weighted by Gasteiger charge is 2.39. The second-order valence-corrected chi connectivity index (χ2v) is 5.58. The molecule has 1 atom stereocenters. The number of rotatable bonds is 2. The van der Waals surface area contributed by atoms with Crippen LogP contribution in [0.4, 0.5) is 5.82 Å². The summed E-state index contributed by atoms with van der Waals surface area (Å²) >= 11 is 18.0. The maximum Gasteiger partial charge on any atom is 0.273 e. The summed E-state index contributed by atoms with van der Waals surface area (Å²) in [5, 5.41) is 10.3. The van der Waals surface area contributed by atoms with Gasteiger partial charge in [0, 0.05) is 11.6 Å². The summed E-state index contributed by atoms with van der Waals surface area (Å²) in [7, 11) is 0. The van der Waals surface area contributed by atoms with Crippen LogP contribution >= 0.6 is 34.8 Å². The van der Waals surface area contributed by atoms with E-state index in [1.165, 1.54) is 0 Å². The van der Waals surface area contributed by atoms with Gasteiger partial charge in [-0.15, -0.1) is 0 Å². The lowest BCUT2D eigenvalue weighted by atomic mass is 10.3. The number of anilines is 1. The van der Waals surface area contributed by atoms with Crippen molar-refractivity contribution in [2.24, 2.45) is 0 Å². The van der Waals surface area contributed by atoms with E-state index in [0.29, 0.717) is 5.57 Å². The van der Waals surface area contributed by atoms with Crippen LogP contribution in [0.25, 0.3) is 0 Å². The first-order chi connectivity index (χ1) is 8.77. The highest BCUT2D eigenvalue weighted by molar-refractivity contribution is 6.46. The number of carbonyl (C=O) groups is 1. The summed E-state index contributed by atoms with van der Waals surface area (Å²) in [5.41, 5.74) is 0.359. The molecule has 5 nitrogen and oxygen atoms in total. The van der Waals surface area contributed by atoms with E-state index in [4.69, 9.17) is 34.8 Å². The Morgan fingerprint density at radius 2 is 1.89 bits per heavy atom. The molecule has 1 unspecified atom stereocenters. The van der Waals surface area contributed by atoms with Gasteiger partial charge in [-0.2, -0.15) is 4.98 Å². The van der Waals surface area contributed by atoms with Crippen molar-refractivity contribution in [3.8, 4) is 0 Å². The molecule has 1 amide bonds. The van der Waals surface area contributed by atoms with Crippen molar-refractivity contribution < 1.29 is 9.90 Å². The second kappa shape index (κ2) is 4.98. The minimum atomic E-state index is -1.18. The summed E-state index contributed by atoms with van der Waals surface area (Å²) < 4.78 is 1.56. The fourth-order valence-electron chi connectivity index (χ4n) is 1.87. The molecule has 0 aliphatic carbocycles. The number of imidazole rings is 1. The van der Waals surface area contributed by atoms with E-state index in [9.17, 15) is 9.90 Å². The highest BCUT2D eigenvalue weighted by Crippen LogP contribution is 2.37. The molecule has 1 aromatic rings. The van der Waals surface area contributed by atoms with Gasteiger partial charge in [-0.05, 0) is 32.4 Å². The van der Waals surface area contributed by atoms with Gasteiger partial charge < -0.3 is 9.67 Å². The molecule has 0 radical (unpaired) electrons. The van der Waals surface area contributed by atoms with E-state index >= 15 is 0 Å². The molecule has 1 aromatic heterocycles. The summed E-state index contributed by atoms with van der Waals surface area (Å²) in [6, 6.07) is -0.0272. The molecule has 8 heteroatoms. The third kappa shape index (κ3) is 2.14. The van der Waals surface area contributed by atoms with Crippen LogP contribution in [-0.2, 0) is 4.79 Å². The van der Waals surface area contributed by atoms with Gasteiger partial charge in [0.15, 0.2) is 17.2 Å². The van der Waals surface area contributed by atoms with Crippen molar-refractivity contribution in [1.29, 1.82) is 0 Å². The first kappa shape index (κ1) is 14.7. The Balaban J connectivity index is 2.51. The topological polar surface area (TPSA) is 58.4 Å². The normalized spacial score (nSPS) is 20.1. The number of amides is 1. The van der Waals surface area contributed by atoms with E-state index in [0.717, 1.165) is 4.90 Å².